The third-order valence-electron chi connectivity index (χ3n) is 2.75. The molecule has 0 fully saturated rings. The highest BCUT2D eigenvalue weighted by Gasteiger charge is 2.06. The number of nitrogens with one attached hydrogen (secondary N) is 1. The van der Waals surface area contributed by atoms with Gasteiger partial charge in [0.15, 0.2) is 0 Å². The van der Waals surface area contributed by atoms with Crippen molar-refractivity contribution in [3.8, 4) is 11.8 Å². The summed E-state index contributed by atoms with van der Waals surface area (Å²) in [7, 11) is 0. The van der Waals surface area contributed by atoms with Crippen LogP contribution >= 0.6 is 0 Å². The molecule has 0 aliphatic rings. The van der Waals surface area contributed by atoms with Crippen LogP contribution in [-0.4, -0.2) is 11.2 Å². The summed E-state index contributed by atoms with van der Waals surface area (Å²) in [5.74, 6) is 6.09. The molecule has 4 N–H and O–H groups in total. The molecule has 0 aliphatic carbocycles. The second-order valence-electron chi connectivity index (χ2n) is 4.30. The summed E-state index contributed by atoms with van der Waals surface area (Å²) in [5, 5.41) is 11.0. The standard InChI is InChI=1S/C16H14N2O2/c1-11-9-15(18-16(19)20)14(17)10-13(11)8-7-12-5-3-2-4-6-12/h2-6,9-10,18H,17H2,1H3,(H,19,20). The van der Waals surface area contributed by atoms with E-state index in [9.17, 15) is 4.79 Å². The zero-order valence-corrected chi connectivity index (χ0v) is 11.0. The van der Waals surface area contributed by atoms with Gasteiger partial charge in [0.1, 0.15) is 0 Å². The Bertz CT molecular complexity index is 698. The van der Waals surface area contributed by atoms with Gasteiger partial charge in [0.2, 0.25) is 0 Å². The fourth-order valence-corrected chi connectivity index (χ4v) is 1.74. The van der Waals surface area contributed by atoms with E-state index in [2.05, 4.69) is 17.2 Å². The molecule has 0 bridgehead atoms. The number of benzene rings is 2. The van der Waals surface area contributed by atoms with Crippen LogP contribution in [-0.2, 0) is 0 Å². The fourth-order valence-electron chi connectivity index (χ4n) is 1.74. The average Bonchev–Trinajstić information content (AvgIpc) is 2.41. The first-order chi connectivity index (χ1) is 9.56. The number of carboxylic acid groups (broad SMARTS) is 1. The molecular weight excluding hydrogens is 252 g/mol. The van der Waals surface area contributed by atoms with E-state index < -0.39 is 6.09 Å². The molecule has 2 rings (SSSR count). The van der Waals surface area contributed by atoms with Gasteiger partial charge in [-0.25, -0.2) is 4.79 Å². The molecule has 0 heterocycles. The largest absolute Gasteiger partial charge is 0.465 e. The average molecular weight is 266 g/mol. The maximum atomic E-state index is 10.6. The SMILES string of the molecule is Cc1cc(NC(=O)O)c(N)cc1C#Cc1ccccc1. The number of amides is 1. The summed E-state index contributed by atoms with van der Waals surface area (Å²) >= 11 is 0. The first-order valence-electron chi connectivity index (χ1n) is 6.03. The molecule has 2 aromatic carbocycles. The van der Waals surface area contributed by atoms with Crippen molar-refractivity contribution in [3.63, 3.8) is 0 Å². The van der Waals surface area contributed by atoms with Crippen LogP contribution in [0.25, 0.3) is 0 Å². The Kier molecular flexibility index (Phi) is 3.92. The first-order valence-corrected chi connectivity index (χ1v) is 6.03. The van der Waals surface area contributed by atoms with Crippen molar-refractivity contribution in [3.05, 3.63) is 59.2 Å². The lowest BCUT2D eigenvalue weighted by atomic mass is 10.1. The van der Waals surface area contributed by atoms with Crippen molar-refractivity contribution < 1.29 is 9.90 Å². The highest BCUT2D eigenvalue weighted by molar-refractivity contribution is 5.88. The molecule has 100 valence electrons. The summed E-state index contributed by atoms with van der Waals surface area (Å²) in [6, 6.07) is 13.0. The maximum Gasteiger partial charge on any atom is 0.409 e. The highest BCUT2D eigenvalue weighted by atomic mass is 16.4. The van der Waals surface area contributed by atoms with E-state index >= 15 is 0 Å². The Morgan fingerprint density at radius 1 is 1.20 bits per heavy atom. The van der Waals surface area contributed by atoms with Gasteiger partial charge in [-0.05, 0) is 36.8 Å². The van der Waals surface area contributed by atoms with Gasteiger partial charge in [-0.1, -0.05) is 30.0 Å². The Morgan fingerprint density at radius 2 is 1.90 bits per heavy atom. The summed E-state index contributed by atoms with van der Waals surface area (Å²) in [6.07, 6.45) is -1.14. The minimum atomic E-state index is -1.14. The van der Waals surface area contributed by atoms with E-state index in [-0.39, 0.29) is 0 Å². The van der Waals surface area contributed by atoms with E-state index in [0.29, 0.717) is 11.4 Å². The van der Waals surface area contributed by atoms with E-state index in [0.717, 1.165) is 16.7 Å². The van der Waals surface area contributed by atoms with Gasteiger partial charge in [0.05, 0.1) is 11.4 Å². The summed E-state index contributed by atoms with van der Waals surface area (Å²) < 4.78 is 0. The van der Waals surface area contributed by atoms with Crippen molar-refractivity contribution in [1.29, 1.82) is 0 Å². The van der Waals surface area contributed by atoms with Crippen molar-refractivity contribution in [2.45, 2.75) is 6.92 Å². The molecule has 0 spiro atoms. The molecule has 0 unspecified atom stereocenters. The topological polar surface area (TPSA) is 75.3 Å². The van der Waals surface area contributed by atoms with Crippen LogP contribution in [0.2, 0.25) is 0 Å². The minimum absolute atomic E-state index is 0.357. The Balaban J connectivity index is 2.33. The number of hydrogen-bond acceptors (Lipinski definition) is 2. The molecule has 1 amide bonds. The van der Waals surface area contributed by atoms with E-state index in [1.54, 1.807) is 12.1 Å². The minimum Gasteiger partial charge on any atom is -0.465 e. The van der Waals surface area contributed by atoms with Crippen molar-refractivity contribution in [1.82, 2.24) is 0 Å². The maximum absolute atomic E-state index is 10.6. The van der Waals surface area contributed by atoms with Gasteiger partial charge >= 0.3 is 6.09 Å². The number of carbonyl (C=O) groups is 1. The van der Waals surface area contributed by atoms with Gasteiger partial charge in [-0.3, -0.25) is 5.32 Å². The predicted molar refractivity (Wildman–Crippen MR) is 79.7 cm³/mol. The van der Waals surface area contributed by atoms with Crippen LogP contribution in [0, 0.1) is 18.8 Å². The molecule has 2 aromatic rings. The number of aryl methyl sites for hydroxylation is 1. The second-order valence-corrected chi connectivity index (χ2v) is 4.30. The normalized spacial score (nSPS) is 9.45. The lowest BCUT2D eigenvalue weighted by Crippen LogP contribution is -2.09. The Labute approximate surface area is 117 Å². The van der Waals surface area contributed by atoms with Gasteiger partial charge in [-0.2, -0.15) is 0 Å². The van der Waals surface area contributed by atoms with Crippen LogP contribution in [0.4, 0.5) is 16.2 Å². The number of nitrogen functional groups attached to an aromatic ring is 1. The molecule has 4 nitrogen and oxygen atoms in total. The van der Waals surface area contributed by atoms with Crippen molar-refractivity contribution >= 4 is 17.5 Å². The van der Waals surface area contributed by atoms with Crippen LogP contribution in [0.15, 0.2) is 42.5 Å². The second kappa shape index (κ2) is 5.81. The Morgan fingerprint density at radius 3 is 2.55 bits per heavy atom. The predicted octanol–water partition coefficient (Wildman–Crippen LogP) is 3.07. The molecule has 0 aliphatic heterocycles. The third-order valence-corrected chi connectivity index (χ3v) is 2.75. The van der Waals surface area contributed by atoms with E-state index in [1.807, 2.05) is 37.3 Å². The van der Waals surface area contributed by atoms with E-state index in [4.69, 9.17) is 10.8 Å². The molecule has 0 radical (unpaired) electrons. The monoisotopic (exact) mass is 266 g/mol. The zero-order chi connectivity index (χ0) is 14.5. The number of rotatable bonds is 1. The van der Waals surface area contributed by atoms with Crippen molar-refractivity contribution in [2.24, 2.45) is 0 Å². The van der Waals surface area contributed by atoms with Crippen LogP contribution < -0.4 is 11.1 Å². The fraction of sp³-hybridized carbons (Fsp3) is 0.0625. The van der Waals surface area contributed by atoms with Gasteiger partial charge in [0.25, 0.3) is 0 Å². The third kappa shape index (κ3) is 3.30. The smallest absolute Gasteiger partial charge is 0.409 e. The highest BCUT2D eigenvalue weighted by Crippen LogP contribution is 2.23. The first kappa shape index (κ1) is 13.5. The van der Waals surface area contributed by atoms with E-state index in [1.165, 1.54) is 0 Å². The van der Waals surface area contributed by atoms with Crippen LogP contribution in [0.3, 0.4) is 0 Å². The lowest BCUT2D eigenvalue weighted by Gasteiger charge is -2.08. The van der Waals surface area contributed by atoms with Crippen molar-refractivity contribution in [2.75, 3.05) is 11.1 Å². The number of anilines is 2. The molecule has 0 atom stereocenters. The summed E-state index contributed by atoms with van der Waals surface area (Å²) in [5.41, 5.74) is 9.11. The van der Waals surface area contributed by atoms with Gasteiger partial charge in [-0.15, -0.1) is 0 Å². The van der Waals surface area contributed by atoms with Crippen LogP contribution in [0.1, 0.15) is 16.7 Å². The molecule has 4 heteroatoms. The molecule has 0 aromatic heterocycles. The molecular formula is C16H14N2O2. The number of hydrogen-bond donors (Lipinski definition) is 3. The number of nitrogens with two attached hydrogens (primary N) is 1. The van der Waals surface area contributed by atoms with Gasteiger partial charge < -0.3 is 10.8 Å². The van der Waals surface area contributed by atoms with Gasteiger partial charge in [0, 0.05) is 11.1 Å². The Hall–Kier alpha value is -2.93. The molecule has 0 saturated heterocycles. The summed E-state index contributed by atoms with van der Waals surface area (Å²) in [4.78, 5) is 10.6. The summed E-state index contributed by atoms with van der Waals surface area (Å²) in [6.45, 7) is 1.86. The van der Waals surface area contributed by atoms with Crippen LogP contribution in [0.5, 0.6) is 0 Å². The molecule has 20 heavy (non-hydrogen) atoms. The quantitative estimate of drug-likeness (QED) is 0.548. The lowest BCUT2D eigenvalue weighted by molar-refractivity contribution is 0.210. The zero-order valence-electron chi connectivity index (χ0n) is 11.0. The molecule has 0 saturated carbocycles.